The van der Waals surface area contributed by atoms with Crippen LogP contribution in [0.3, 0.4) is 0 Å². The van der Waals surface area contributed by atoms with Gasteiger partial charge in [0, 0.05) is 56.9 Å². The first kappa shape index (κ1) is 14.4. The Morgan fingerprint density at radius 1 is 0.952 bits per heavy atom. The molecule has 0 spiro atoms. The van der Waals surface area contributed by atoms with Gasteiger partial charge in [-0.3, -0.25) is 9.80 Å². The first-order valence-corrected chi connectivity index (χ1v) is 9.31. The Morgan fingerprint density at radius 2 is 1.86 bits per heavy atom. The highest BCUT2D eigenvalue weighted by Crippen LogP contribution is 2.37. The predicted molar refractivity (Wildman–Crippen MR) is 86.6 cm³/mol. The quantitative estimate of drug-likeness (QED) is 0.791. The van der Waals surface area contributed by atoms with Gasteiger partial charge in [-0.1, -0.05) is 13.3 Å². The number of hydrogen-bond donors (Lipinski definition) is 2. The Balaban J connectivity index is 1.54. The summed E-state index contributed by atoms with van der Waals surface area (Å²) >= 11 is 0. The third-order valence-electron chi connectivity index (χ3n) is 6.64. The molecule has 2 N–H and O–H groups in total. The van der Waals surface area contributed by atoms with E-state index in [9.17, 15) is 0 Å². The topological polar surface area (TPSA) is 30.5 Å². The zero-order chi connectivity index (χ0) is 14.2. The lowest BCUT2D eigenvalue weighted by Gasteiger charge is -2.53. The van der Waals surface area contributed by atoms with Gasteiger partial charge in [-0.2, -0.15) is 0 Å². The van der Waals surface area contributed by atoms with Gasteiger partial charge in [-0.25, -0.2) is 0 Å². The van der Waals surface area contributed by atoms with Crippen LogP contribution in [0, 0.1) is 5.92 Å². The molecule has 5 atom stereocenters. The highest BCUT2D eigenvalue weighted by Gasteiger charge is 2.46. The summed E-state index contributed by atoms with van der Waals surface area (Å²) in [5.74, 6) is 0.875. The van der Waals surface area contributed by atoms with E-state index in [2.05, 4.69) is 27.4 Å². The number of rotatable bonds is 2. The minimum absolute atomic E-state index is 0.781. The van der Waals surface area contributed by atoms with E-state index in [0.29, 0.717) is 0 Å². The van der Waals surface area contributed by atoms with Crippen LogP contribution in [-0.2, 0) is 0 Å². The Bertz CT molecular complexity index is 352. The maximum Gasteiger partial charge on any atom is 0.0271 e. The van der Waals surface area contributed by atoms with Gasteiger partial charge in [-0.15, -0.1) is 0 Å². The van der Waals surface area contributed by atoms with E-state index in [1.807, 2.05) is 0 Å². The molecule has 4 rings (SSSR count). The normalized spacial score (nSPS) is 45.3. The van der Waals surface area contributed by atoms with E-state index < -0.39 is 0 Å². The number of piperidine rings is 1. The molecule has 21 heavy (non-hydrogen) atoms. The molecule has 0 bridgehead atoms. The van der Waals surface area contributed by atoms with Gasteiger partial charge < -0.3 is 10.6 Å². The van der Waals surface area contributed by atoms with E-state index >= 15 is 0 Å². The standard InChI is InChI=1S/C17H32N4/c1-2-13-4-3-5-14-10-19-12-17(21(13)14)15-6-8-20-9-7-18-11-16(15)20/h13-19H,2-12H2,1H3. The van der Waals surface area contributed by atoms with Crippen molar-refractivity contribution in [3.8, 4) is 0 Å². The molecule has 0 aromatic heterocycles. The van der Waals surface area contributed by atoms with Gasteiger partial charge >= 0.3 is 0 Å². The van der Waals surface area contributed by atoms with Crippen molar-refractivity contribution in [2.45, 2.75) is 63.2 Å². The highest BCUT2D eigenvalue weighted by atomic mass is 15.3. The molecule has 0 amide bonds. The molecule has 4 heterocycles. The second-order valence-corrected chi connectivity index (χ2v) is 7.58. The van der Waals surface area contributed by atoms with Crippen molar-refractivity contribution in [3.05, 3.63) is 0 Å². The monoisotopic (exact) mass is 292 g/mol. The van der Waals surface area contributed by atoms with Gasteiger partial charge in [0.15, 0.2) is 0 Å². The van der Waals surface area contributed by atoms with E-state index in [-0.39, 0.29) is 0 Å². The van der Waals surface area contributed by atoms with Crippen molar-refractivity contribution in [3.63, 3.8) is 0 Å². The van der Waals surface area contributed by atoms with E-state index in [0.717, 1.165) is 30.1 Å². The fraction of sp³-hybridized carbons (Fsp3) is 1.00. The van der Waals surface area contributed by atoms with E-state index in [1.54, 1.807) is 0 Å². The van der Waals surface area contributed by atoms with Crippen molar-refractivity contribution >= 4 is 0 Å². The molecule has 4 heteroatoms. The molecule has 5 unspecified atom stereocenters. The molecule has 4 fully saturated rings. The van der Waals surface area contributed by atoms with Crippen molar-refractivity contribution < 1.29 is 0 Å². The Hall–Kier alpha value is -0.160. The minimum atomic E-state index is 0.781. The second-order valence-electron chi connectivity index (χ2n) is 7.58. The maximum absolute atomic E-state index is 3.77. The molecule has 4 aliphatic rings. The van der Waals surface area contributed by atoms with Crippen molar-refractivity contribution in [1.29, 1.82) is 0 Å². The van der Waals surface area contributed by atoms with Crippen molar-refractivity contribution in [1.82, 2.24) is 20.4 Å². The molecule has 0 aromatic rings. The Morgan fingerprint density at radius 3 is 2.76 bits per heavy atom. The summed E-state index contributed by atoms with van der Waals surface area (Å²) in [5.41, 5.74) is 0. The van der Waals surface area contributed by atoms with Crippen LogP contribution in [-0.4, -0.2) is 73.2 Å². The van der Waals surface area contributed by atoms with Crippen LogP contribution in [0.5, 0.6) is 0 Å². The SMILES string of the molecule is CCC1CCCC2CNCC(C3CCN4CCNCC34)N12. The van der Waals surface area contributed by atoms with E-state index in [4.69, 9.17) is 0 Å². The lowest BCUT2D eigenvalue weighted by molar-refractivity contribution is -0.0201. The van der Waals surface area contributed by atoms with Gasteiger partial charge in [-0.05, 0) is 38.1 Å². The molecular formula is C17H32N4. The largest absolute Gasteiger partial charge is 0.314 e. The molecule has 4 aliphatic heterocycles. The zero-order valence-corrected chi connectivity index (χ0v) is 13.6. The molecular weight excluding hydrogens is 260 g/mol. The molecule has 120 valence electrons. The first-order chi connectivity index (χ1) is 10.4. The van der Waals surface area contributed by atoms with Crippen LogP contribution in [0.25, 0.3) is 0 Å². The third kappa shape index (κ3) is 2.54. The fourth-order valence-electron chi connectivity index (χ4n) is 5.65. The van der Waals surface area contributed by atoms with Gasteiger partial charge in [0.05, 0.1) is 0 Å². The summed E-state index contributed by atoms with van der Waals surface area (Å²) in [7, 11) is 0. The molecule has 0 aromatic carbocycles. The number of piperazine rings is 2. The lowest BCUT2D eigenvalue weighted by Crippen LogP contribution is -2.66. The van der Waals surface area contributed by atoms with Crippen LogP contribution < -0.4 is 10.6 Å². The number of nitrogens with one attached hydrogen (secondary N) is 2. The zero-order valence-electron chi connectivity index (χ0n) is 13.6. The van der Waals surface area contributed by atoms with Gasteiger partial charge in [0.25, 0.3) is 0 Å². The summed E-state index contributed by atoms with van der Waals surface area (Å²) in [4.78, 5) is 5.73. The van der Waals surface area contributed by atoms with Crippen LogP contribution in [0.2, 0.25) is 0 Å². The first-order valence-electron chi connectivity index (χ1n) is 9.31. The average Bonchev–Trinajstić information content (AvgIpc) is 2.97. The van der Waals surface area contributed by atoms with Crippen molar-refractivity contribution in [2.24, 2.45) is 5.92 Å². The average molecular weight is 292 g/mol. The van der Waals surface area contributed by atoms with Crippen LogP contribution >= 0.6 is 0 Å². The second kappa shape index (κ2) is 6.15. The van der Waals surface area contributed by atoms with Crippen LogP contribution in [0.4, 0.5) is 0 Å². The molecule has 0 saturated carbocycles. The summed E-state index contributed by atoms with van der Waals surface area (Å²) in [6.45, 7) is 9.86. The molecule has 4 nitrogen and oxygen atoms in total. The third-order valence-corrected chi connectivity index (χ3v) is 6.64. The lowest BCUT2D eigenvalue weighted by atomic mass is 9.82. The molecule has 4 saturated heterocycles. The minimum Gasteiger partial charge on any atom is -0.314 e. The fourth-order valence-corrected chi connectivity index (χ4v) is 5.65. The van der Waals surface area contributed by atoms with Crippen molar-refractivity contribution in [2.75, 3.05) is 39.3 Å². The summed E-state index contributed by atoms with van der Waals surface area (Å²) < 4.78 is 0. The summed E-state index contributed by atoms with van der Waals surface area (Å²) in [6, 6.07) is 3.24. The summed E-state index contributed by atoms with van der Waals surface area (Å²) in [6.07, 6.45) is 7.04. The Labute approximate surface area is 129 Å². The predicted octanol–water partition coefficient (Wildman–Crippen LogP) is 0.885. The van der Waals surface area contributed by atoms with Crippen LogP contribution in [0.15, 0.2) is 0 Å². The number of hydrogen-bond acceptors (Lipinski definition) is 4. The van der Waals surface area contributed by atoms with Gasteiger partial charge in [0.2, 0.25) is 0 Å². The maximum atomic E-state index is 3.77. The molecule has 0 radical (unpaired) electrons. The molecule has 0 aliphatic carbocycles. The highest BCUT2D eigenvalue weighted by molar-refractivity contribution is 5.03. The summed E-state index contributed by atoms with van der Waals surface area (Å²) in [5, 5.41) is 7.41. The van der Waals surface area contributed by atoms with Crippen LogP contribution in [0.1, 0.15) is 39.0 Å². The van der Waals surface area contributed by atoms with E-state index in [1.165, 1.54) is 71.4 Å². The van der Waals surface area contributed by atoms with Gasteiger partial charge in [0.1, 0.15) is 0 Å². The number of nitrogens with zero attached hydrogens (tertiary/aromatic N) is 2. The smallest absolute Gasteiger partial charge is 0.0271 e. The Kier molecular flexibility index (Phi) is 4.23. The number of fused-ring (bicyclic) bond motifs is 2.